The number of anilines is 1. The molecule has 1 spiro atoms. The lowest BCUT2D eigenvalue weighted by atomic mass is 9.97. The molecule has 96 valence electrons. The van der Waals surface area contributed by atoms with Crippen molar-refractivity contribution in [1.29, 1.82) is 0 Å². The summed E-state index contributed by atoms with van der Waals surface area (Å²) < 4.78 is 14.0. The van der Waals surface area contributed by atoms with Gasteiger partial charge in [-0.1, -0.05) is 12.1 Å². The Balaban J connectivity index is 2.03. The maximum absolute atomic E-state index is 14.0. The van der Waals surface area contributed by atoms with Crippen molar-refractivity contribution in [2.45, 2.75) is 12.0 Å². The van der Waals surface area contributed by atoms with Crippen LogP contribution in [0.4, 0.5) is 10.1 Å². The fourth-order valence-corrected chi connectivity index (χ4v) is 3.00. The molecule has 1 atom stereocenters. The first-order valence-corrected chi connectivity index (χ1v) is 6.16. The molecule has 1 saturated heterocycles. The molecule has 1 unspecified atom stereocenters. The molecule has 0 radical (unpaired) electrons. The van der Waals surface area contributed by atoms with E-state index in [1.54, 1.807) is 12.1 Å². The van der Waals surface area contributed by atoms with Crippen molar-refractivity contribution >= 4 is 11.6 Å². The lowest BCUT2D eigenvalue weighted by molar-refractivity contribution is 0.378. The summed E-state index contributed by atoms with van der Waals surface area (Å²) in [7, 11) is 2.07. The van der Waals surface area contributed by atoms with Crippen molar-refractivity contribution in [2.24, 2.45) is 10.7 Å². The average Bonchev–Trinajstić information content (AvgIpc) is 2.86. The molecule has 1 fully saturated rings. The Morgan fingerprint density at radius 1 is 1.39 bits per heavy atom. The number of para-hydroxylation sites is 1. The van der Waals surface area contributed by atoms with E-state index in [4.69, 9.17) is 5.73 Å². The van der Waals surface area contributed by atoms with E-state index >= 15 is 0 Å². The Labute approximate surface area is 106 Å². The van der Waals surface area contributed by atoms with Gasteiger partial charge in [0, 0.05) is 13.1 Å². The number of hydrogen-bond donors (Lipinski definition) is 1. The number of halogens is 1. The molecule has 0 bridgehead atoms. The van der Waals surface area contributed by atoms with Crippen LogP contribution >= 0.6 is 0 Å². The summed E-state index contributed by atoms with van der Waals surface area (Å²) in [6.45, 7) is 2.51. The van der Waals surface area contributed by atoms with E-state index in [0.29, 0.717) is 18.2 Å². The van der Waals surface area contributed by atoms with Crippen LogP contribution in [0.3, 0.4) is 0 Å². The predicted octanol–water partition coefficient (Wildman–Crippen LogP) is 1.03. The second-order valence-corrected chi connectivity index (χ2v) is 5.17. The maximum Gasteiger partial charge on any atom is 0.196 e. The molecule has 0 amide bonds. The molecule has 2 N–H and O–H groups in total. The number of benzene rings is 1. The van der Waals surface area contributed by atoms with Crippen molar-refractivity contribution in [3.63, 3.8) is 0 Å². The van der Waals surface area contributed by atoms with Gasteiger partial charge >= 0.3 is 0 Å². The van der Waals surface area contributed by atoms with Gasteiger partial charge in [0.05, 0.1) is 17.8 Å². The van der Waals surface area contributed by atoms with Crippen molar-refractivity contribution in [3.05, 3.63) is 30.1 Å². The van der Waals surface area contributed by atoms with Gasteiger partial charge in [0.2, 0.25) is 0 Å². The van der Waals surface area contributed by atoms with Gasteiger partial charge in [-0.15, -0.1) is 0 Å². The molecule has 4 nitrogen and oxygen atoms in total. The first-order chi connectivity index (χ1) is 8.62. The van der Waals surface area contributed by atoms with Crippen molar-refractivity contribution < 1.29 is 4.39 Å². The Morgan fingerprint density at radius 3 is 2.83 bits per heavy atom. The van der Waals surface area contributed by atoms with E-state index in [9.17, 15) is 4.39 Å². The summed E-state index contributed by atoms with van der Waals surface area (Å²) in [4.78, 5) is 8.45. The number of likely N-dealkylation sites (tertiary alicyclic amines) is 1. The van der Waals surface area contributed by atoms with Crippen molar-refractivity contribution in [3.8, 4) is 0 Å². The zero-order valence-electron chi connectivity index (χ0n) is 10.4. The smallest absolute Gasteiger partial charge is 0.196 e. The topological polar surface area (TPSA) is 44.9 Å². The zero-order valence-corrected chi connectivity index (χ0v) is 10.4. The summed E-state index contributed by atoms with van der Waals surface area (Å²) in [5, 5.41) is 0. The Hall–Kier alpha value is -1.62. The molecule has 0 aliphatic carbocycles. The van der Waals surface area contributed by atoms with Gasteiger partial charge in [0.15, 0.2) is 5.96 Å². The second-order valence-electron chi connectivity index (χ2n) is 5.17. The largest absolute Gasteiger partial charge is 0.369 e. The highest BCUT2D eigenvalue weighted by Gasteiger charge is 2.47. The fourth-order valence-electron chi connectivity index (χ4n) is 3.00. The van der Waals surface area contributed by atoms with E-state index in [2.05, 4.69) is 16.9 Å². The lowest BCUT2D eigenvalue weighted by Gasteiger charge is -2.36. The molecule has 1 aromatic rings. The van der Waals surface area contributed by atoms with Crippen LogP contribution < -0.4 is 10.6 Å². The third-order valence-electron chi connectivity index (χ3n) is 3.86. The van der Waals surface area contributed by atoms with Crippen LogP contribution in [0, 0.1) is 5.82 Å². The van der Waals surface area contributed by atoms with E-state index in [1.165, 1.54) is 6.07 Å². The highest BCUT2D eigenvalue weighted by molar-refractivity contribution is 5.98. The summed E-state index contributed by atoms with van der Waals surface area (Å²) in [5.74, 6) is 0.182. The fraction of sp³-hybridized carbons (Fsp3) is 0.462. The highest BCUT2D eigenvalue weighted by atomic mass is 19.1. The molecule has 2 heterocycles. The van der Waals surface area contributed by atoms with E-state index in [1.807, 2.05) is 11.0 Å². The molecule has 0 saturated carbocycles. The van der Waals surface area contributed by atoms with Gasteiger partial charge in [-0.05, 0) is 25.6 Å². The molecule has 0 aromatic heterocycles. The van der Waals surface area contributed by atoms with Gasteiger partial charge in [-0.2, -0.15) is 0 Å². The van der Waals surface area contributed by atoms with Crippen LogP contribution in [0.15, 0.2) is 29.3 Å². The van der Waals surface area contributed by atoms with E-state index in [-0.39, 0.29) is 11.4 Å². The molecular weight excluding hydrogens is 231 g/mol. The highest BCUT2D eigenvalue weighted by Crippen LogP contribution is 2.36. The molecule has 3 rings (SSSR count). The zero-order chi connectivity index (χ0) is 12.8. The molecule has 5 heteroatoms. The quantitative estimate of drug-likeness (QED) is 0.807. The Bertz CT molecular complexity index is 502. The average molecular weight is 248 g/mol. The molecule has 2 aliphatic heterocycles. The van der Waals surface area contributed by atoms with Crippen LogP contribution in [-0.2, 0) is 0 Å². The third-order valence-corrected chi connectivity index (χ3v) is 3.86. The second kappa shape index (κ2) is 3.95. The van der Waals surface area contributed by atoms with Gasteiger partial charge in [0.1, 0.15) is 5.82 Å². The summed E-state index contributed by atoms with van der Waals surface area (Å²) in [6.07, 6.45) is 0.960. The summed E-state index contributed by atoms with van der Waals surface area (Å²) in [6, 6.07) is 6.75. The number of likely N-dealkylation sites (N-methyl/N-ethyl adjacent to an activating group) is 1. The SMILES string of the molecule is CN1CCC2(CN=C(N)N2c2ccccc2F)C1. The number of aliphatic imine (C=N–C) groups is 1. The minimum atomic E-state index is -0.244. The molecular formula is C13H17FN4. The van der Waals surface area contributed by atoms with Crippen LogP contribution in [0.25, 0.3) is 0 Å². The van der Waals surface area contributed by atoms with Crippen LogP contribution in [0.2, 0.25) is 0 Å². The van der Waals surface area contributed by atoms with Crippen molar-refractivity contribution in [2.75, 3.05) is 31.6 Å². The van der Waals surface area contributed by atoms with Crippen molar-refractivity contribution in [1.82, 2.24) is 4.90 Å². The summed E-state index contributed by atoms with van der Waals surface area (Å²) >= 11 is 0. The predicted molar refractivity (Wildman–Crippen MR) is 70.2 cm³/mol. The number of nitrogens with zero attached hydrogens (tertiary/aromatic N) is 3. The van der Waals surface area contributed by atoms with Crippen LogP contribution in [0.5, 0.6) is 0 Å². The molecule has 18 heavy (non-hydrogen) atoms. The van der Waals surface area contributed by atoms with Crippen LogP contribution in [-0.4, -0.2) is 43.1 Å². The normalized spacial score (nSPS) is 28.1. The van der Waals surface area contributed by atoms with Crippen LogP contribution in [0.1, 0.15) is 6.42 Å². The van der Waals surface area contributed by atoms with Gasteiger partial charge in [0.25, 0.3) is 0 Å². The first-order valence-electron chi connectivity index (χ1n) is 6.16. The summed E-state index contributed by atoms with van der Waals surface area (Å²) in [5.41, 5.74) is 6.34. The van der Waals surface area contributed by atoms with E-state index in [0.717, 1.165) is 19.5 Å². The van der Waals surface area contributed by atoms with Gasteiger partial charge in [-0.25, -0.2) is 4.39 Å². The lowest BCUT2D eigenvalue weighted by Crippen LogP contribution is -2.53. The third kappa shape index (κ3) is 1.58. The first kappa shape index (κ1) is 11.5. The minimum absolute atomic E-state index is 0.166. The number of hydrogen-bond acceptors (Lipinski definition) is 4. The molecule has 2 aliphatic rings. The van der Waals surface area contributed by atoms with E-state index < -0.39 is 0 Å². The van der Waals surface area contributed by atoms with Gasteiger partial charge in [-0.3, -0.25) is 4.99 Å². The standard InChI is InChI=1S/C13H17FN4/c1-17-7-6-13(9-17)8-16-12(15)18(13)11-5-3-2-4-10(11)14/h2-5H,6-9H2,1H3,(H2,15,16). The number of rotatable bonds is 1. The minimum Gasteiger partial charge on any atom is -0.369 e. The number of guanidine groups is 1. The van der Waals surface area contributed by atoms with Gasteiger partial charge < -0.3 is 15.5 Å². The Kier molecular flexibility index (Phi) is 2.52. The maximum atomic E-state index is 14.0. The molecule has 1 aromatic carbocycles. The Morgan fingerprint density at radius 2 is 2.17 bits per heavy atom. The monoisotopic (exact) mass is 248 g/mol. The number of nitrogens with two attached hydrogens (primary N) is 1.